The summed E-state index contributed by atoms with van der Waals surface area (Å²) < 4.78 is 15.0. The third kappa shape index (κ3) is 2.36. The van der Waals surface area contributed by atoms with Gasteiger partial charge in [0.25, 0.3) is 12.6 Å². The van der Waals surface area contributed by atoms with Crippen LogP contribution in [0.3, 0.4) is 0 Å². The van der Waals surface area contributed by atoms with Gasteiger partial charge in [0.2, 0.25) is 0 Å². The number of hydrogen-bond donors (Lipinski definition) is 1. The molecule has 0 spiro atoms. The number of carbonyl (C=O) groups is 1. The van der Waals surface area contributed by atoms with E-state index in [2.05, 4.69) is 11.1 Å². The van der Waals surface area contributed by atoms with Crippen molar-refractivity contribution in [2.45, 2.75) is 19.2 Å². The second-order valence-electron chi connectivity index (χ2n) is 5.21. The van der Waals surface area contributed by atoms with Crippen LogP contribution in [0.25, 0.3) is 11.3 Å². The van der Waals surface area contributed by atoms with Gasteiger partial charge >= 0.3 is 0 Å². The topological polar surface area (TPSA) is 84.7 Å². The maximum absolute atomic E-state index is 13.3. The first-order valence-electron chi connectivity index (χ1n) is 6.75. The minimum Gasteiger partial charge on any atom is -0.365 e. The van der Waals surface area contributed by atoms with Gasteiger partial charge in [0.05, 0.1) is 10.6 Å². The molecular weight excluding hydrogens is 305 g/mol. The van der Waals surface area contributed by atoms with Crippen LogP contribution in [0, 0.1) is 17.0 Å². The highest BCUT2D eigenvalue weighted by molar-refractivity contribution is 6.66. The van der Waals surface area contributed by atoms with Gasteiger partial charge in [-0.15, -0.1) is 0 Å². The van der Waals surface area contributed by atoms with Crippen molar-refractivity contribution in [3.63, 3.8) is 0 Å². The third-order valence-corrected chi connectivity index (χ3v) is 4.10. The summed E-state index contributed by atoms with van der Waals surface area (Å²) in [4.78, 5) is 11.9. The Morgan fingerprint density at radius 1 is 1.55 bits per heavy atom. The van der Waals surface area contributed by atoms with E-state index in [1.807, 2.05) is 0 Å². The largest absolute Gasteiger partial charge is 0.365 e. The van der Waals surface area contributed by atoms with E-state index in [4.69, 9.17) is 22.6 Å². The number of nitriles is 1. The Morgan fingerprint density at radius 2 is 2.32 bits per heavy atom. The smallest absolute Gasteiger partial charge is 0.275 e. The standard InChI is InChI=1S/C14H11BClFN4O/c16-9-5-8(1-2-10(9)17)13-12(14(19)22)11-6-15(7-18)3-4-21(11)20-13/h1-2,5H,3-4,6H2,(H2,19,22). The van der Waals surface area contributed by atoms with Crippen molar-refractivity contribution in [1.82, 2.24) is 9.78 Å². The van der Waals surface area contributed by atoms with Crippen molar-refractivity contribution < 1.29 is 9.18 Å². The van der Waals surface area contributed by atoms with Crippen LogP contribution in [-0.4, -0.2) is 22.4 Å². The summed E-state index contributed by atoms with van der Waals surface area (Å²) in [6, 6.07) is 4.14. The first-order valence-corrected chi connectivity index (χ1v) is 7.13. The summed E-state index contributed by atoms with van der Waals surface area (Å²) in [5.74, 6) is 1.06. The summed E-state index contributed by atoms with van der Waals surface area (Å²) in [5.41, 5.74) is 7.33. The lowest BCUT2D eigenvalue weighted by Crippen LogP contribution is -2.28. The Kier molecular flexibility index (Phi) is 3.63. The van der Waals surface area contributed by atoms with Crippen LogP contribution in [0.15, 0.2) is 18.2 Å². The molecule has 1 aromatic heterocycles. The van der Waals surface area contributed by atoms with Crippen LogP contribution in [0.5, 0.6) is 0 Å². The second-order valence-corrected chi connectivity index (χ2v) is 5.61. The van der Waals surface area contributed by atoms with Crippen LogP contribution >= 0.6 is 11.6 Å². The minimum atomic E-state index is -0.615. The second kappa shape index (κ2) is 5.46. The van der Waals surface area contributed by atoms with Gasteiger partial charge in [-0.25, -0.2) is 9.65 Å². The molecule has 1 amide bonds. The molecule has 0 saturated heterocycles. The molecular formula is C14H11BClFN4O. The lowest BCUT2D eigenvalue weighted by Gasteiger charge is -2.15. The Morgan fingerprint density at radius 3 is 2.95 bits per heavy atom. The molecule has 1 aliphatic heterocycles. The van der Waals surface area contributed by atoms with Crippen LogP contribution in [0.4, 0.5) is 4.39 Å². The predicted octanol–water partition coefficient (Wildman–Crippen LogP) is 2.09. The predicted molar refractivity (Wildman–Crippen MR) is 81.0 cm³/mol. The van der Waals surface area contributed by atoms with Crippen molar-refractivity contribution >= 4 is 24.2 Å². The normalized spacial score (nSPS) is 13.6. The number of hydrogen-bond acceptors (Lipinski definition) is 3. The first kappa shape index (κ1) is 14.6. The number of benzene rings is 1. The number of rotatable bonds is 2. The van der Waals surface area contributed by atoms with Gasteiger partial charge in [0.1, 0.15) is 11.5 Å². The van der Waals surface area contributed by atoms with Crippen molar-refractivity contribution in [1.29, 1.82) is 5.26 Å². The monoisotopic (exact) mass is 316 g/mol. The van der Waals surface area contributed by atoms with Gasteiger partial charge in [-0.05, 0) is 30.8 Å². The lowest BCUT2D eigenvalue weighted by atomic mass is 9.45. The van der Waals surface area contributed by atoms with Crippen molar-refractivity contribution in [3.8, 4) is 17.2 Å². The zero-order chi connectivity index (χ0) is 15.9. The maximum atomic E-state index is 13.3. The number of nitrogens with two attached hydrogens (primary N) is 1. The highest BCUT2D eigenvalue weighted by atomic mass is 35.5. The van der Waals surface area contributed by atoms with Crippen LogP contribution in [0.1, 0.15) is 16.1 Å². The fraction of sp³-hybridized carbons (Fsp3) is 0.214. The number of amides is 1. The van der Waals surface area contributed by atoms with E-state index in [0.29, 0.717) is 36.1 Å². The first-order chi connectivity index (χ1) is 10.5. The lowest BCUT2D eigenvalue weighted by molar-refractivity contribution is 0.1000. The molecule has 2 heterocycles. The molecule has 0 fully saturated rings. The molecule has 1 aromatic carbocycles. The average Bonchev–Trinajstić information content (AvgIpc) is 2.88. The van der Waals surface area contributed by atoms with Crippen LogP contribution in [-0.2, 0) is 12.9 Å². The molecule has 8 heteroatoms. The van der Waals surface area contributed by atoms with Crippen LogP contribution in [0.2, 0.25) is 11.3 Å². The number of primary amides is 1. The summed E-state index contributed by atoms with van der Waals surface area (Å²) in [6.45, 7) is 0.384. The number of carbonyl (C=O) groups excluding carboxylic acids is 1. The zero-order valence-electron chi connectivity index (χ0n) is 11.5. The van der Waals surface area contributed by atoms with Gasteiger partial charge in [-0.3, -0.25) is 9.48 Å². The third-order valence-electron chi connectivity index (χ3n) is 3.81. The van der Waals surface area contributed by atoms with E-state index in [1.165, 1.54) is 18.2 Å². The molecule has 110 valence electrons. The zero-order valence-corrected chi connectivity index (χ0v) is 12.3. The van der Waals surface area contributed by atoms with Crippen molar-refractivity contribution in [3.05, 3.63) is 40.3 Å². The van der Waals surface area contributed by atoms with E-state index >= 15 is 0 Å². The molecule has 1 aliphatic rings. The molecule has 2 aromatic rings. The number of aryl methyl sites for hydroxylation is 1. The Balaban J connectivity index is 2.16. The maximum Gasteiger partial charge on any atom is 0.275 e. The Hall–Kier alpha value is -2.33. The minimum absolute atomic E-state index is 0.0474. The highest BCUT2D eigenvalue weighted by Gasteiger charge is 2.30. The quantitative estimate of drug-likeness (QED) is 0.861. The molecule has 0 unspecified atom stereocenters. The molecule has 0 bridgehead atoms. The van der Waals surface area contributed by atoms with Gasteiger partial charge in [-0.1, -0.05) is 11.6 Å². The summed E-state index contributed by atoms with van der Waals surface area (Å²) in [6.07, 6.45) is 1.10. The fourth-order valence-electron chi connectivity index (χ4n) is 2.72. The van der Waals surface area contributed by atoms with E-state index in [-0.39, 0.29) is 17.3 Å². The molecule has 0 aliphatic carbocycles. The van der Waals surface area contributed by atoms with Gasteiger partial charge in [-0.2, -0.15) is 5.10 Å². The number of aromatic nitrogens is 2. The molecule has 2 N–H and O–H groups in total. The summed E-state index contributed by atoms with van der Waals surface area (Å²) in [5, 5.41) is 13.4. The van der Waals surface area contributed by atoms with Crippen molar-refractivity contribution in [2.75, 3.05) is 0 Å². The highest BCUT2D eigenvalue weighted by Crippen LogP contribution is 2.31. The molecule has 0 radical (unpaired) electrons. The van der Waals surface area contributed by atoms with Gasteiger partial charge in [0.15, 0.2) is 0 Å². The van der Waals surface area contributed by atoms with Crippen LogP contribution < -0.4 is 5.73 Å². The molecule has 5 nitrogen and oxygen atoms in total. The Bertz CT molecular complexity index is 814. The molecule has 3 rings (SSSR count). The van der Waals surface area contributed by atoms with E-state index in [0.717, 1.165) is 0 Å². The fourth-order valence-corrected chi connectivity index (χ4v) is 2.90. The number of halogens is 2. The van der Waals surface area contributed by atoms with E-state index < -0.39 is 11.7 Å². The molecule has 0 saturated carbocycles. The van der Waals surface area contributed by atoms with Gasteiger partial charge in [0, 0.05) is 23.8 Å². The van der Waals surface area contributed by atoms with Gasteiger partial charge < -0.3 is 5.73 Å². The van der Waals surface area contributed by atoms with E-state index in [1.54, 1.807) is 4.68 Å². The molecule has 0 atom stereocenters. The average molecular weight is 317 g/mol. The number of fused-ring (bicyclic) bond motifs is 1. The van der Waals surface area contributed by atoms with E-state index in [9.17, 15) is 9.18 Å². The molecule has 22 heavy (non-hydrogen) atoms. The van der Waals surface area contributed by atoms with Crippen molar-refractivity contribution in [2.24, 2.45) is 5.73 Å². The number of nitrogens with zero attached hydrogens (tertiary/aromatic N) is 3. The summed E-state index contributed by atoms with van der Waals surface area (Å²) >= 11 is 5.80. The SMILES string of the molecule is N#CB1CCn2nc(-c3ccc(F)c(Cl)c3)c(C(N)=O)c2C1. The summed E-state index contributed by atoms with van der Waals surface area (Å²) in [7, 11) is 0. The Labute approximate surface area is 131 Å².